The predicted octanol–water partition coefficient (Wildman–Crippen LogP) is -0.202. The smallest absolute Gasteiger partial charge is 0.342 e. The second-order valence-electron chi connectivity index (χ2n) is 2.16. The van der Waals surface area contributed by atoms with Crippen LogP contribution in [-0.4, -0.2) is 27.0 Å². The van der Waals surface area contributed by atoms with Crippen molar-refractivity contribution in [2.24, 2.45) is 0 Å². The fourth-order valence-electron chi connectivity index (χ4n) is 0.839. The SMILES string of the molecule is CNOOc1ncc2[nH]cnc2n1. The molecule has 0 radical (unpaired) electrons. The molecule has 0 amide bonds. The maximum atomic E-state index is 4.65. The molecule has 0 atom stereocenters. The number of nitrogens with one attached hydrogen (secondary N) is 2. The Balaban J connectivity index is 2.26. The van der Waals surface area contributed by atoms with Crippen molar-refractivity contribution in [3.63, 3.8) is 0 Å². The summed E-state index contributed by atoms with van der Waals surface area (Å²) >= 11 is 0. The third-order valence-corrected chi connectivity index (χ3v) is 1.35. The minimum Gasteiger partial charge on any atom is -0.342 e. The van der Waals surface area contributed by atoms with Crippen LogP contribution in [0.25, 0.3) is 11.2 Å². The van der Waals surface area contributed by atoms with E-state index in [1.807, 2.05) is 0 Å². The molecule has 13 heavy (non-hydrogen) atoms. The van der Waals surface area contributed by atoms with Crippen molar-refractivity contribution in [3.05, 3.63) is 12.5 Å². The number of nitrogens with zero attached hydrogens (tertiary/aromatic N) is 3. The lowest BCUT2D eigenvalue weighted by molar-refractivity contribution is -0.257. The van der Waals surface area contributed by atoms with Gasteiger partial charge >= 0.3 is 6.01 Å². The maximum absolute atomic E-state index is 4.65. The van der Waals surface area contributed by atoms with E-state index in [9.17, 15) is 0 Å². The molecule has 2 rings (SSSR count). The van der Waals surface area contributed by atoms with Crippen LogP contribution in [0.1, 0.15) is 0 Å². The highest BCUT2D eigenvalue weighted by Gasteiger charge is 2.02. The van der Waals surface area contributed by atoms with E-state index >= 15 is 0 Å². The first-order valence-corrected chi connectivity index (χ1v) is 3.56. The van der Waals surface area contributed by atoms with E-state index in [2.05, 4.69) is 35.3 Å². The van der Waals surface area contributed by atoms with Crippen LogP contribution in [0.4, 0.5) is 0 Å². The van der Waals surface area contributed by atoms with Crippen LogP contribution < -0.4 is 10.4 Å². The van der Waals surface area contributed by atoms with Gasteiger partial charge in [0.2, 0.25) is 0 Å². The van der Waals surface area contributed by atoms with Crippen molar-refractivity contribution >= 4 is 11.2 Å². The van der Waals surface area contributed by atoms with Crippen LogP contribution in [0.15, 0.2) is 12.5 Å². The normalized spacial score (nSPS) is 10.5. The number of hydrogen-bond donors (Lipinski definition) is 2. The van der Waals surface area contributed by atoms with E-state index in [1.165, 1.54) is 6.33 Å². The van der Waals surface area contributed by atoms with E-state index in [-0.39, 0.29) is 6.01 Å². The van der Waals surface area contributed by atoms with Crippen molar-refractivity contribution in [2.75, 3.05) is 7.05 Å². The predicted molar refractivity (Wildman–Crippen MR) is 42.5 cm³/mol. The number of aromatic amines is 1. The molecule has 7 heteroatoms. The highest BCUT2D eigenvalue weighted by atomic mass is 17.3. The molecule has 0 aromatic carbocycles. The summed E-state index contributed by atoms with van der Waals surface area (Å²) in [5.41, 5.74) is 3.61. The summed E-state index contributed by atoms with van der Waals surface area (Å²) in [7, 11) is 1.56. The molecule has 0 unspecified atom stereocenters. The maximum Gasteiger partial charge on any atom is 0.357 e. The van der Waals surface area contributed by atoms with Crippen LogP contribution >= 0.6 is 0 Å². The molecule has 0 aliphatic carbocycles. The Hall–Kier alpha value is -1.73. The standard InChI is InChI=1S/C6H7N5O2/c1-7-13-12-6-8-2-4-5(11-6)10-3-9-4/h2-3,7H,1H3,(H,8,9,10,11). The zero-order chi connectivity index (χ0) is 9.10. The van der Waals surface area contributed by atoms with Gasteiger partial charge in [-0.05, 0) is 0 Å². The molecule has 2 aromatic heterocycles. The Morgan fingerprint density at radius 1 is 1.46 bits per heavy atom. The molecule has 2 N–H and O–H groups in total. The van der Waals surface area contributed by atoms with Gasteiger partial charge in [0.05, 0.1) is 12.5 Å². The summed E-state index contributed by atoms with van der Waals surface area (Å²) in [5, 5.41) is 0. The second-order valence-corrected chi connectivity index (χ2v) is 2.16. The number of rotatable bonds is 3. The molecule has 2 heterocycles. The Morgan fingerprint density at radius 3 is 3.23 bits per heavy atom. The number of aromatic nitrogens is 4. The number of hydroxylamine groups is 1. The van der Waals surface area contributed by atoms with Gasteiger partial charge in [-0.2, -0.15) is 15.4 Å². The van der Waals surface area contributed by atoms with Gasteiger partial charge in [-0.3, -0.25) is 4.89 Å². The Kier molecular flexibility index (Phi) is 2.02. The van der Waals surface area contributed by atoms with E-state index in [0.717, 1.165) is 5.52 Å². The highest BCUT2D eigenvalue weighted by Crippen LogP contribution is 2.08. The Labute approximate surface area is 73.0 Å². The van der Waals surface area contributed by atoms with Crippen LogP contribution in [0.2, 0.25) is 0 Å². The van der Waals surface area contributed by atoms with Crippen molar-refractivity contribution in [2.45, 2.75) is 0 Å². The molecule has 2 aromatic rings. The molecule has 0 aliphatic rings. The first kappa shape index (κ1) is 7.90. The Morgan fingerprint density at radius 2 is 2.38 bits per heavy atom. The molecule has 7 nitrogen and oxygen atoms in total. The van der Waals surface area contributed by atoms with Crippen LogP contribution in [-0.2, 0) is 4.99 Å². The molecule has 0 fully saturated rings. The molecule has 0 bridgehead atoms. The lowest BCUT2D eigenvalue weighted by Crippen LogP contribution is -2.11. The van der Waals surface area contributed by atoms with Gasteiger partial charge in [0.1, 0.15) is 5.52 Å². The van der Waals surface area contributed by atoms with Crippen molar-refractivity contribution in [1.82, 2.24) is 25.4 Å². The summed E-state index contributed by atoms with van der Waals surface area (Å²) in [6, 6.07) is 0.106. The molecule has 0 saturated heterocycles. The molecule has 0 saturated carbocycles. The third-order valence-electron chi connectivity index (χ3n) is 1.35. The third kappa shape index (κ3) is 1.55. The average molecular weight is 181 g/mol. The van der Waals surface area contributed by atoms with Gasteiger partial charge in [-0.25, -0.2) is 4.98 Å². The first-order chi connectivity index (χ1) is 6.40. The van der Waals surface area contributed by atoms with Gasteiger partial charge in [0.15, 0.2) is 5.65 Å². The van der Waals surface area contributed by atoms with Gasteiger partial charge < -0.3 is 4.98 Å². The van der Waals surface area contributed by atoms with E-state index < -0.39 is 0 Å². The summed E-state index contributed by atoms with van der Waals surface area (Å²) in [6.45, 7) is 0. The molecule has 0 spiro atoms. The van der Waals surface area contributed by atoms with Gasteiger partial charge in [0.25, 0.3) is 0 Å². The number of imidazole rings is 1. The minimum atomic E-state index is 0.106. The number of H-pyrrole nitrogens is 1. The van der Waals surface area contributed by atoms with Crippen molar-refractivity contribution < 1.29 is 9.88 Å². The minimum absolute atomic E-state index is 0.106. The van der Waals surface area contributed by atoms with Crippen molar-refractivity contribution in [1.29, 1.82) is 0 Å². The van der Waals surface area contributed by atoms with Crippen LogP contribution in [0.3, 0.4) is 0 Å². The molecule has 0 aliphatic heterocycles. The highest BCUT2D eigenvalue weighted by molar-refractivity contribution is 5.68. The van der Waals surface area contributed by atoms with E-state index in [0.29, 0.717) is 5.65 Å². The van der Waals surface area contributed by atoms with E-state index in [1.54, 1.807) is 13.2 Å². The van der Waals surface area contributed by atoms with Gasteiger partial charge in [-0.1, -0.05) is 4.99 Å². The second kappa shape index (κ2) is 3.33. The fraction of sp³-hybridized carbons (Fsp3) is 0.167. The van der Waals surface area contributed by atoms with Gasteiger partial charge in [-0.15, -0.1) is 0 Å². The number of hydrogen-bond acceptors (Lipinski definition) is 6. The monoisotopic (exact) mass is 181 g/mol. The van der Waals surface area contributed by atoms with Gasteiger partial charge in [0, 0.05) is 7.05 Å². The topological polar surface area (TPSA) is 85.0 Å². The van der Waals surface area contributed by atoms with E-state index in [4.69, 9.17) is 0 Å². The summed E-state index contributed by atoms with van der Waals surface area (Å²) in [5.74, 6) is 0. The zero-order valence-electron chi connectivity index (χ0n) is 6.81. The van der Waals surface area contributed by atoms with Crippen molar-refractivity contribution in [3.8, 4) is 6.01 Å². The molecular formula is C6H7N5O2. The average Bonchev–Trinajstić information content (AvgIpc) is 2.61. The lowest BCUT2D eigenvalue weighted by atomic mass is 10.6. The quantitative estimate of drug-likeness (QED) is 0.503. The summed E-state index contributed by atoms with van der Waals surface area (Å²) in [4.78, 5) is 23.6. The lowest BCUT2D eigenvalue weighted by Gasteiger charge is -1.98. The van der Waals surface area contributed by atoms with Crippen LogP contribution in [0.5, 0.6) is 6.01 Å². The molecular weight excluding hydrogens is 174 g/mol. The summed E-state index contributed by atoms with van der Waals surface area (Å²) in [6.07, 6.45) is 3.09. The number of fused-ring (bicyclic) bond motifs is 1. The Bertz CT molecular complexity index is 401. The summed E-state index contributed by atoms with van der Waals surface area (Å²) < 4.78 is 0. The first-order valence-electron chi connectivity index (χ1n) is 3.56. The zero-order valence-corrected chi connectivity index (χ0v) is 6.81. The van der Waals surface area contributed by atoms with Crippen LogP contribution in [0, 0.1) is 0 Å². The largest absolute Gasteiger partial charge is 0.357 e. The fourth-order valence-corrected chi connectivity index (χ4v) is 0.839. The molecule has 68 valence electrons.